The van der Waals surface area contributed by atoms with Crippen molar-refractivity contribution >= 4 is 46.4 Å². The minimum Gasteiger partial charge on any atom is -0.470 e. The Morgan fingerprint density at radius 2 is 1.88 bits per heavy atom. The van der Waals surface area contributed by atoms with Crippen LogP contribution in [0.25, 0.3) is 0 Å². The summed E-state index contributed by atoms with van der Waals surface area (Å²) in [7, 11) is 0. The molecule has 0 bridgehead atoms. The van der Waals surface area contributed by atoms with Crippen molar-refractivity contribution in [2.24, 2.45) is 0 Å². The standard InChI is InChI=1S/C23H19Cl3FN5O2/c1-13-22(14(2)32(29-13)11-16-17(25)4-3-5-19(16)27)28-23(33)20-8-9-31(30-20)12-34-21-7-6-15(24)10-18(21)26/h3-10H,11-12H2,1-2H3,(H,28,33). The molecule has 1 amide bonds. The Kier molecular flexibility index (Phi) is 7.11. The zero-order chi connectivity index (χ0) is 24.4. The van der Waals surface area contributed by atoms with Crippen LogP contribution in [0.15, 0.2) is 48.7 Å². The molecule has 0 fully saturated rings. The number of aryl methyl sites for hydroxylation is 1. The van der Waals surface area contributed by atoms with Gasteiger partial charge in [-0.15, -0.1) is 0 Å². The lowest BCUT2D eigenvalue weighted by molar-refractivity contribution is 0.102. The Balaban J connectivity index is 1.44. The molecule has 0 aliphatic rings. The second-order valence-corrected chi connectivity index (χ2v) is 8.70. The number of hydrogen-bond donors (Lipinski definition) is 1. The summed E-state index contributed by atoms with van der Waals surface area (Å²) in [6, 6.07) is 11.0. The second kappa shape index (κ2) is 10.0. The molecule has 0 saturated carbocycles. The van der Waals surface area contributed by atoms with Crippen LogP contribution in [0.3, 0.4) is 0 Å². The Morgan fingerprint density at radius 3 is 2.62 bits per heavy atom. The number of nitrogens with zero attached hydrogens (tertiary/aromatic N) is 4. The van der Waals surface area contributed by atoms with Gasteiger partial charge in [0.2, 0.25) is 0 Å². The van der Waals surface area contributed by atoms with Crippen molar-refractivity contribution in [2.75, 3.05) is 5.32 Å². The van der Waals surface area contributed by atoms with Crippen molar-refractivity contribution < 1.29 is 13.9 Å². The van der Waals surface area contributed by atoms with E-state index in [4.69, 9.17) is 39.5 Å². The maximum absolute atomic E-state index is 14.2. The predicted molar refractivity (Wildman–Crippen MR) is 129 cm³/mol. The fourth-order valence-corrected chi connectivity index (χ4v) is 4.01. The normalized spacial score (nSPS) is 11.0. The van der Waals surface area contributed by atoms with Gasteiger partial charge in [-0.05, 0) is 50.2 Å². The van der Waals surface area contributed by atoms with Crippen molar-refractivity contribution in [3.05, 3.63) is 92.2 Å². The Hall–Kier alpha value is -3.07. The van der Waals surface area contributed by atoms with E-state index < -0.39 is 11.7 Å². The summed E-state index contributed by atoms with van der Waals surface area (Å²) in [4.78, 5) is 12.8. The average Bonchev–Trinajstić information content (AvgIpc) is 3.36. The van der Waals surface area contributed by atoms with E-state index in [2.05, 4.69) is 15.5 Å². The van der Waals surface area contributed by atoms with Gasteiger partial charge < -0.3 is 10.1 Å². The molecule has 0 atom stereocenters. The number of nitrogens with one attached hydrogen (secondary N) is 1. The highest BCUT2D eigenvalue weighted by Crippen LogP contribution is 2.28. The number of hydrogen-bond acceptors (Lipinski definition) is 4. The van der Waals surface area contributed by atoms with Crippen molar-refractivity contribution in [3.8, 4) is 5.75 Å². The van der Waals surface area contributed by atoms with Gasteiger partial charge in [0, 0.05) is 21.8 Å². The molecule has 7 nitrogen and oxygen atoms in total. The van der Waals surface area contributed by atoms with Crippen LogP contribution in [0.1, 0.15) is 27.4 Å². The lowest BCUT2D eigenvalue weighted by Crippen LogP contribution is -2.15. The molecule has 0 unspecified atom stereocenters. The molecule has 0 saturated heterocycles. The molecule has 4 rings (SSSR count). The third kappa shape index (κ3) is 5.19. The maximum Gasteiger partial charge on any atom is 0.276 e. The number of amides is 1. The maximum atomic E-state index is 14.2. The first-order valence-electron chi connectivity index (χ1n) is 10.1. The molecule has 34 heavy (non-hydrogen) atoms. The molecule has 0 aliphatic heterocycles. The number of aromatic nitrogens is 4. The van der Waals surface area contributed by atoms with E-state index >= 15 is 0 Å². The number of halogens is 4. The fourth-order valence-electron chi connectivity index (χ4n) is 3.33. The SMILES string of the molecule is Cc1nn(Cc2c(F)cccc2Cl)c(C)c1NC(=O)c1ccn(COc2ccc(Cl)cc2Cl)n1. The fraction of sp³-hybridized carbons (Fsp3) is 0.174. The molecule has 2 aromatic carbocycles. The number of rotatable bonds is 7. The van der Waals surface area contributed by atoms with Crippen LogP contribution >= 0.6 is 34.8 Å². The van der Waals surface area contributed by atoms with Crippen LogP contribution < -0.4 is 10.1 Å². The number of carbonyl (C=O) groups is 1. The summed E-state index contributed by atoms with van der Waals surface area (Å²) in [5.74, 6) is -0.391. The monoisotopic (exact) mass is 521 g/mol. The van der Waals surface area contributed by atoms with Gasteiger partial charge in [0.15, 0.2) is 12.4 Å². The lowest BCUT2D eigenvalue weighted by Gasteiger charge is -2.09. The summed E-state index contributed by atoms with van der Waals surface area (Å²) in [6.07, 6.45) is 1.61. The predicted octanol–water partition coefficient (Wildman–Crippen LogP) is 6.13. The van der Waals surface area contributed by atoms with Crippen LogP contribution in [0, 0.1) is 19.7 Å². The van der Waals surface area contributed by atoms with Crippen molar-refractivity contribution in [1.82, 2.24) is 19.6 Å². The van der Waals surface area contributed by atoms with Crippen LogP contribution in [-0.2, 0) is 13.3 Å². The first kappa shape index (κ1) is 24.1. The van der Waals surface area contributed by atoms with Gasteiger partial charge in [-0.1, -0.05) is 40.9 Å². The van der Waals surface area contributed by atoms with E-state index in [0.717, 1.165) is 0 Å². The molecule has 4 aromatic rings. The summed E-state index contributed by atoms with van der Waals surface area (Å²) >= 11 is 18.1. The average molecular weight is 523 g/mol. The first-order valence-corrected chi connectivity index (χ1v) is 11.3. The van der Waals surface area contributed by atoms with Gasteiger partial charge in [-0.25, -0.2) is 9.07 Å². The molecular weight excluding hydrogens is 504 g/mol. The molecule has 0 aliphatic carbocycles. The molecule has 0 radical (unpaired) electrons. The summed E-state index contributed by atoms with van der Waals surface area (Å²) in [5.41, 5.74) is 2.28. The molecular formula is C23H19Cl3FN5O2. The molecule has 0 spiro atoms. The first-order chi connectivity index (χ1) is 16.2. The smallest absolute Gasteiger partial charge is 0.276 e. The van der Waals surface area contributed by atoms with Crippen molar-refractivity contribution in [2.45, 2.75) is 27.1 Å². The molecule has 176 valence electrons. The van der Waals surface area contributed by atoms with E-state index in [1.807, 2.05) is 0 Å². The van der Waals surface area contributed by atoms with E-state index in [9.17, 15) is 9.18 Å². The van der Waals surface area contributed by atoms with Gasteiger partial charge >= 0.3 is 0 Å². The summed E-state index contributed by atoms with van der Waals surface area (Å²) in [5, 5.41) is 12.7. The third-order valence-electron chi connectivity index (χ3n) is 5.11. The topological polar surface area (TPSA) is 74.0 Å². The van der Waals surface area contributed by atoms with Gasteiger partial charge in [0.05, 0.1) is 28.6 Å². The van der Waals surface area contributed by atoms with Gasteiger partial charge in [-0.2, -0.15) is 10.2 Å². The number of benzene rings is 2. The van der Waals surface area contributed by atoms with Crippen LogP contribution in [0.2, 0.25) is 15.1 Å². The van der Waals surface area contributed by atoms with Gasteiger partial charge in [0.1, 0.15) is 11.6 Å². The Bertz CT molecular complexity index is 1350. The second-order valence-electron chi connectivity index (χ2n) is 7.45. The zero-order valence-corrected chi connectivity index (χ0v) is 20.4. The van der Waals surface area contributed by atoms with Crippen molar-refractivity contribution in [1.29, 1.82) is 0 Å². The van der Waals surface area contributed by atoms with Gasteiger partial charge in [0.25, 0.3) is 5.91 Å². The van der Waals surface area contributed by atoms with E-state index in [1.165, 1.54) is 10.7 Å². The van der Waals surface area contributed by atoms with Gasteiger partial charge in [-0.3, -0.25) is 9.48 Å². The Morgan fingerprint density at radius 1 is 1.09 bits per heavy atom. The van der Waals surface area contributed by atoms with Crippen LogP contribution in [0.5, 0.6) is 5.75 Å². The quantitative estimate of drug-likeness (QED) is 0.317. The minimum absolute atomic E-state index is 0.0496. The highest BCUT2D eigenvalue weighted by atomic mass is 35.5. The lowest BCUT2D eigenvalue weighted by atomic mass is 10.2. The van der Waals surface area contributed by atoms with Crippen LogP contribution in [-0.4, -0.2) is 25.5 Å². The number of anilines is 1. The zero-order valence-electron chi connectivity index (χ0n) is 18.2. The largest absolute Gasteiger partial charge is 0.470 e. The molecule has 1 N–H and O–H groups in total. The highest BCUT2D eigenvalue weighted by Gasteiger charge is 2.18. The van der Waals surface area contributed by atoms with E-state index in [-0.39, 0.29) is 19.0 Å². The summed E-state index contributed by atoms with van der Waals surface area (Å²) in [6.45, 7) is 3.72. The summed E-state index contributed by atoms with van der Waals surface area (Å²) < 4.78 is 22.9. The third-order valence-corrected chi connectivity index (χ3v) is 5.99. The number of ether oxygens (including phenoxy) is 1. The van der Waals surface area contributed by atoms with E-state index in [0.29, 0.717) is 43.5 Å². The Labute approximate surface area is 210 Å². The number of carbonyl (C=O) groups excluding carboxylic acids is 1. The van der Waals surface area contributed by atoms with E-state index in [1.54, 1.807) is 61.1 Å². The highest BCUT2D eigenvalue weighted by molar-refractivity contribution is 6.35. The molecule has 11 heteroatoms. The van der Waals surface area contributed by atoms with Crippen LogP contribution in [0.4, 0.5) is 10.1 Å². The molecule has 2 heterocycles. The van der Waals surface area contributed by atoms with Crippen molar-refractivity contribution in [3.63, 3.8) is 0 Å². The molecule has 2 aromatic heterocycles. The minimum atomic E-state index is -0.419.